The molecule has 0 bridgehead atoms. The predicted octanol–water partition coefficient (Wildman–Crippen LogP) is 3.63. The maximum atomic E-state index is 13.0. The van der Waals surface area contributed by atoms with Crippen molar-refractivity contribution in [1.29, 1.82) is 0 Å². The van der Waals surface area contributed by atoms with Gasteiger partial charge in [0, 0.05) is 6.20 Å². The summed E-state index contributed by atoms with van der Waals surface area (Å²) in [6, 6.07) is 4.96. The van der Waals surface area contributed by atoms with Crippen molar-refractivity contribution in [3.05, 3.63) is 57.5 Å². The van der Waals surface area contributed by atoms with Crippen LogP contribution in [-0.2, 0) is 9.53 Å². The second-order valence-electron chi connectivity index (χ2n) is 4.53. The van der Waals surface area contributed by atoms with E-state index in [1.807, 2.05) is 0 Å². The molecule has 1 amide bonds. The number of nitrogens with zero attached hydrogens (tertiary/aromatic N) is 1. The molecule has 1 heterocycles. The Hall–Kier alpha value is -2.18. The van der Waals surface area contributed by atoms with E-state index in [-0.39, 0.29) is 16.4 Å². The van der Waals surface area contributed by atoms with Crippen LogP contribution in [-0.4, -0.2) is 23.5 Å². The molecule has 2 aromatic rings. The van der Waals surface area contributed by atoms with Gasteiger partial charge in [0.1, 0.15) is 5.82 Å². The van der Waals surface area contributed by atoms with Crippen molar-refractivity contribution in [2.75, 3.05) is 11.9 Å². The largest absolute Gasteiger partial charge is 0.452 e. The standard InChI is InChI=1S/C15H11Cl2FN2O3/c1-8-11(16)6-19-14(13(8)17)20-12(21)7-23-15(22)9-3-2-4-10(18)5-9/h2-6H,7H2,1H3,(H,19,20,21). The number of esters is 1. The zero-order valence-corrected chi connectivity index (χ0v) is 13.4. The normalized spacial score (nSPS) is 10.3. The molecule has 0 saturated carbocycles. The topological polar surface area (TPSA) is 68.3 Å². The lowest BCUT2D eigenvalue weighted by molar-refractivity contribution is -0.119. The highest BCUT2D eigenvalue weighted by Crippen LogP contribution is 2.28. The number of hydrogen-bond donors (Lipinski definition) is 1. The van der Waals surface area contributed by atoms with Gasteiger partial charge in [-0.25, -0.2) is 14.2 Å². The van der Waals surface area contributed by atoms with Gasteiger partial charge in [-0.05, 0) is 30.7 Å². The summed E-state index contributed by atoms with van der Waals surface area (Å²) in [6.45, 7) is 1.11. The Kier molecular flexibility index (Phi) is 5.52. The molecule has 0 radical (unpaired) electrons. The van der Waals surface area contributed by atoms with Crippen LogP contribution in [0, 0.1) is 12.7 Å². The van der Waals surface area contributed by atoms with Gasteiger partial charge in [-0.3, -0.25) is 4.79 Å². The molecule has 5 nitrogen and oxygen atoms in total. The van der Waals surface area contributed by atoms with Gasteiger partial charge in [-0.15, -0.1) is 0 Å². The number of carbonyl (C=O) groups excluding carboxylic acids is 2. The monoisotopic (exact) mass is 356 g/mol. The number of halogens is 3. The van der Waals surface area contributed by atoms with Crippen molar-refractivity contribution < 1.29 is 18.7 Å². The Morgan fingerprint density at radius 2 is 2.09 bits per heavy atom. The average Bonchev–Trinajstić information content (AvgIpc) is 2.53. The Labute approximate surface area is 141 Å². The average molecular weight is 357 g/mol. The van der Waals surface area contributed by atoms with Gasteiger partial charge >= 0.3 is 5.97 Å². The quantitative estimate of drug-likeness (QED) is 0.849. The van der Waals surface area contributed by atoms with Gasteiger partial charge < -0.3 is 10.1 Å². The van der Waals surface area contributed by atoms with Gasteiger partial charge in [-0.1, -0.05) is 29.3 Å². The molecule has 0 atom stereocenters. The van der Waals surface area contributed by atoms with E-state index in [0.717, 1.165) is 6.07 Å². The number of ether oxygens (including phenoxy) is 1. The van der Waals surface area contributed by atoms with E-state index in [0.29, 0.717) is 10.6 Å². The van der Waals surface area contributed by atoms with Crippen LogP contribution >= 0.6 is 23.2 Å². The number of rotatable bonds is 4. The Bertz CT molecular complexity index is 768. The number of pyridine rings is 1. The summed E-state index contributed by atoms with van der Waals surface area (Å²) in [7, 11) is 0. The molecule has 8 heteroatoms. The maximum absolute atomic E-state index is 13.0. The molecular weight excluding hydrogens is 346 g/mol. The summed E-state index contributed by atoms with van der Waals surface area (Å²) in [5.74, 6) is -1.91. The van der Waals surface area contributed by atoms with Crippen LogP contribution in [0.25, 0.3) is 0 Å². The first kappa shape index (κ1) is 17.2. The van der Waals surface area contributed by atoms with Crippen molar-refractivity contribution in [2.24, 2.45) is 0 Å². The van der Waals surface area contributed by atoms with Crippen molar-refractivity contribution in [3.63, 3.8) is 0 Å². The van der Waals surface area contributed by atoms with Gasteiger partial charge in [0.25, 0.3) is 5.91 Å². The number of benzene rings is 1. The predicted molar refractivity (Wildman–Crippen MR) is 84.3 cm³/mol. The third kappa shape index (κ3) is 4.40. The van der Waals surface area contributed by atoms with Crippen LogP contribution < -0.4 is 5.32 Å². The lowest BCUT2D eigenvalue weighted by Crippen LogP contribution is -2.21. The van der Waals surface area contributed by atoms with Crippen LogP contribution in [0.1, 0.15) is 15.9 Å². The zero-order valence-electron chi connectivity index (χ0n) is 11.9. The summed E-state index contributed by atoms with van der Waals surface area (Å²) in [6.07, 6.45) is 1.34. The molecule has 0 unspecified atom stereocenters. The van der Waals surface area contributed by atoms with E-state index in [1.165, 1.54) is 24.4 Å². The Morgan fingerprint density at radius 3 is 2.78 bits per heavy atom. The molecule has 0 fully saturated rings. The first-order valence-electron chi connectivity index (χ1n) is 6.41. The SMILES string of the molecule is Cc1c(Cl)cnc(NC(=O)COC(=O)c2cccc(F)c2)c1Cl. The van der Waals surface area contributed by atoms with E-state index in [4.69, 9.17) is 27.9 Å². The molecular formula is C15H11Cl2FN2O3. The highest BCUT2D eigenvalue weighted by atomic mass is 35.5. The fraction of sp³-hybridized carbons (Fsp3) is 0.133. The molecule has 2 rings (SSSR count). The van der Waals surface area contributed by atoms with Gasteiger partial charge in [0.2, 0.25) is 0 Å². The summed E-state index contributed by atoms with van der Waals surface area (Å²) >= 11 is 11.9. The first-order chi connectivity index (χ1) is 10.9. The minimum atomic E-state index is -0.814. The molecule has 1 aromatic carbocycles. The number of nitrogens with one attached hydrogen (secondary N) is 1. The maximum Gasteiger partial charge on any atom is 0.338 e. The highest BCUT2D eigenvalue weighted by Gasteiger charge is 2.14. The fourth-order valence-electron chi connectivity index (χ4n) is 1.64. The molecule has 1 N–H and O–H groups in total. The fourth-order valence-corrected chi connectivity index (χ4v) is 2.03. The summed E-state index contributed by atoms with van der Waals surface area (Å²) in [5, 5.41) is 2.97. The lowest BCUT2D eigenvalue weighted by atomic mass is 10.2. The zero-order chi connectivity index (χ0) is 17.0. The Balaban J connectivity index is 1.95. The smallest absolute Gasteiger partial charge is 0.338 e. The van der Waals surface area contributed by atoms with E-state index < -0.39 is 24.3 Å². The second kappa shape index (κ2) is 7.39. The number of anilines is 1. The number of hydrogen-bond acceptors (Lipinski definition) is 4. The van der Waals surface area contributed by atoms with Crippen molar-refractivity contribution >= 4 is 40.9 Å². The molecule has 0 saturated heterocycles. The minimum absolute atomic E-state index is 0.0105. The minimum Gasteiger partial charge on any atom is -0.452 e. The van der Waals surface area contributed by atoms with E-state index >= 15 is 0 Å². The summed E-state index contributed by atoms with van der Waals surface area (Å²) in [5.41, 5.74) is 0.576. The molecule has 120 valence electrons. The van der Waals surface area contributed by atoms with Gasteiger partial charge in [-0.2, -0.15) is 0 Å². The van der Waals surface area contributed by atoms with Crippen LogP contribution in [0.2, 0.25) is 10.0 Å². The molecule has 0 aliphatic rings. The molecule has 0 spiro atoms. The second-order valence-corrected chi connectivity index (χ2v) is 5.31. The highest BCUT2D eigenvalue weighted by molar-refractivity contribution is 6.37. The van der Waals surface area contributed by atoms with Crippen molar-refractivity contribution in [2.45, 2.75) is 6.92 Å². The summed E-state index contributed by atoms with van der Waals surface area (Å²) in [4.78, 5) is 27.4. The van der Waals surface area contributed by atoms with Gasteiger partial charge in [0.15, 0.2) is 12.4 Å². The van der Waals surface area contributed by atoms with Crippen LogP contribution in [0.4, 0.5) is 10.2 Å². The molecule has 1 aromatic heterocycles. The van der Waals surface area contributed by atoms with Crippen molar-refractivity contribution in [1.82, 2.24) is 4.98 Å². The Morgan fingerprint density at radius 1 is 1.35 bits per heavy atom. The van der Waals surface area contributed by atoms with E-state index in [2.05, 4.69) is 10.3 Å². The first-order valence-corrected chi connectivity index (χ1v) is 7.17. The lowest BCUT2D eigenvalue weighted by Gasteiger charge is -2.09. The van der Waals surface area contributed by atoms with Crippen molar-refractivity contribution in [3.8, 4) is 0 Å². The number of aromatic nitrogens is 1. The van der Waals surface area contributed by atoms with Crippen LogP contribution in [0.5, 0.6) is 0 Å². The number of carbonyl (C=O) groups is 2. The van der Waals surface area contributed by atoms with E-state index in [1.54, 1.807) is 6.92 Å². The van der Waals surface area contributed by atoms with Gasteiger partial charge in [0.05, 0.1) is 15.6 Å². The van der Waals surface area contributed by atoms with E-state index in [9.17, 15) is 14.0 Å². The van der Waals surface area contributed by atoms with Crippen LogP contribution in [0.15, 0.2) is 30.5 Å². The third-order valence-corrected chi connectivity index (χ3v) is 3.70. The van der Waals surface area contributed by atoms with Crippen LogP contribution in [0.3, 0.4) is 0 Å². The summed E-state index contributed by atoms with van der Waals surface area (Å²) < 4.78 is 17.8. The third-order valence-electron chi connectivity index (χ3n) is 2.85. The molecule has 0 aliphatic carbocycles. The number of amides is 1. The molecule has 23 heavy (non-hydrogen) atoms. The molecule has 0 aliphatic heterocycles.